The van der Waals surface area contributed by atoms with Crippen LogP contribution in [0.3, 0.4) is 0 Å². The first-order valence-electron chi connectivity index (χ1n) is 5.10. The second-order valence-electron chi connectivity index (χ2n) is 3.72. The van der Waals surface area contributed by atoms with E-state index in [4.69, 9.17) is 23.2 Å². The molecule has 1 aromatic carbocycles. The quantitative estimate of drug-likeness (QED) is 0.849. The largest absolute Gasteiger partial charge is 0.382 e. The highest BCUT2D eigenvalue weighted by molar-refractivity contribution is 6.42. The zero-order chi connectivity index (χ0) is 10.7. The van der Waals surface area contributed by atoms with E-state index in [1.807, 2.05) is 18.2 Å². The molecule has 2 rings (SSSR count). The van der Waals surface area contributed by atoms with Crippen LogP contribution in [0.5, 0.6) is 0 Å². The van der Waals surface area contributed by atoms with Gasteiger partial charge in [-0.15, -0.1) is 0 Å². The van der Waals surface area contributed by atoms with Crippen molar-refractivity contribution in [3.8, 4) is 0 Å². The molecule has 1 aliphatic rings. The van der Waals surface area contributed by atoms with Crippen LogP contribution in [0.4, 0.5) is 5.69 Å². The van der Waals surface area contributed by atoms with Crippen molar-refractivity contribution >= 4 is 28.9 Å². The van der Waals surface area contributed by atoms with E-state index < -0.39 is 0 Å². The molecule has 1 radical (unpaired) electrons. The highest BCUT2D eigenvalue weighted by Gasteiger charge is 2.13. The lowest BCUT2D eigenvalue weighted by Crippen LogP contribution is -2.31. The van der Waals surface area contributed by atoms with Crippen molar-refractivity contribution in [3.05, 3.63) is 28.2 Å². The molecule has 1 fully saturated rings. The van der Waals surface area contributed by atoms with Gasteiger partial charge >= 0.3 is 0 Å². The van der Waals surface area contributed by atoms with Gasteiger partial charge in [-0.3, -0.25) is 0 Å². The molecule has 0 spiro atoms. The Morgan fingerprint density at radius 2 is 1.87 bits per heavy atom. The number of nitrogens with one attached hydrogen (secondary N) is 1. The second-order valence-corrected chi connectivity index (χ2v) is 4.53. The summed E-state index contributed by atoms with van der Waals surface area (Å²) in [5, 5.41) is 8.96. The van der Waals surface area contributed by atoms with Crippen LogP contribution < -0.4 is 10.6 Å². The van der Waals surface area contributed by atoms with Gasteiger partial charge in [0.25, 0.3) is 0 Å². The standard InChI is InChI=1S/C11H13Cl2N2/c12-10-2-1-9(7-11(10)13)15-8-3-5-14-6-4-8/h1-2,7-8,15H,3-6H2. The molecule has 1 N–H and O–H groups in total. The highest BCUT2D eigenvalue weighted by Crippen LogP contribution is 2.26. The van der Waals surface area contributed by atoms with Gasteiger partial charge in [0, 0.05) is 24.8 Å². The minimum Gasteiger partial charge on any atom is -0.382 e. The number of anilines is 1. The normalized spacial score (nSPS) is 17.7. The number of halogens is 2. The van der Waals surface area contributed by atoms with Crippen LogP contribution in [0, 0.1) is 0 Å². The molecule has 0 unspecified atom stereocenters. The Labute approximate surface area is 100.0 Å². The molecule has 81 valence electrons. The lowest BCUT2D eigenvalue weighted by Gasteiger charge is -2.23. The van der Waals surface area contributed by atoms with Crippen LogP contribution in [0.1, 0.15) is 12.8 Å². The van der Waals surface area contributed by atoms with Gasteiger partial charge in [-0.05, 0) is 31.0 Å². The van der Waals surface area contributed by atoms with E-state index in [1.165, 1.54) is 0 Å². The first-order valence-corrected chi connectivity index (χ1v) is 5.86. The zero-order valence-corrected chi connectivity index (χ0v) is 9.85. The van der Waals surface area contributed by atoms with E-state index in [0.717, 1.165) is 31.6 Å². The topological polar surface area (TPSA) is 26.1 Å². The van der Waals surface area contributed by atoms with Gasteiger partial charge in [0.1, 0.15) is 0 Å². The molecule has 1 aliphatic heterocycles. The average Bonchev–Trinajstić information content (AvgIpc) is 2.25. The fourth-order valence-electron chi connectivity index (χ4n) is 1.72. The van der Waals surface area contributed by atoms with E-state index in [1.54, 1.807) is 0 Å². The lowest BCUT2D eigenvalue weighted by atomic mass is 10.1. The maximum Gasteiger partial charge on any atom is 0.0612 e. The van der Waals surface area contributed by atoms with E-state index in [0.29, 0.717) is 16.1 Å². The maximum atomic E-state index is 5.94. The maximum absolute atomic E-state index is 5.94. The molecule has 15 heavy (non-hydrogen) atoms. The van der Waals surface area contributed by atoms with Crippen LogP contribution in [-0.4, -0.2) is 19.1 Å². The molecule has 0 amide bonds. The summed E-state index contributed by atoms with van der Waals surface area (Å²) in [7, 11) is 0. The molecular formula is C11H13Cl2N2. The summed E-state index contributed by atoms with van der Waals surface area (Å²) < 4.78 is 0. The molecule has 1 saturated heterocycles. The van der Waals surface area contributed by atoms with E-state index in [2.05, 4.69) is 10.6 Å². The molecule has 1 aromatic rings. The average molecular weight is 244 g/mol. The SMILES string of the molecule is Clc1ccc(NC2CC[N]CC2)cc1Cl. The van der Waals surface area contributed by atoms with Crippen molar-refractivity contribution in [2.45, 2.75) is 18.9 Å². The summed E-state index contributed by atoms with van der Waals surface area (Å²) in [5.41, 5.74) is 1.04. The molecular weight excluding hydrogens is 231 g/mol. The minimum absolute atomic E-state index is 0.514. The summed E-state index contributed by atoms with van der Waals surface area (Å²) in [5.74, 6) is 0. The monoisotopic (exact) mass is 243 g/mol. The van der Waals surface area contributed by atoms with Gasteiger partial charge in [-0.25, -0.2) is 5.32 Å². The third-order valence-electron chi connectivity index (χ3n) is 2.56. The van der Waals surface area contributed by atoms with E-state index in [9.17, 15) is 0 Å². The van der Waals surface area contributed by atoms with Crippen molar-refractivity contribution in [1.82, 2.24) is 5.32 Å². The van der Waals surface area contributed by atoms with Crippen LogP contribution in [0.15, 0.2) is 18.2 Å². The summed E-state index contributed by atoms with van der Waals surface area (Å²) in [6, 6.07) is 6.16. The number of rotatable bonds is 2. The predicted molar refractivity (Wildman–Crippen MR) is 65.0 cm³/mol. The van der Waals surface area contributed by atoms with Crippen molar-refractivity contribution < 1.29 is 0 Å². The fraction of sp³-hybridized carbons (Fsp3) is 0.455. The minimum atomic E-state index is 0.514. The Balaban J connectivity index is 2.00. The van der Waals surface area contributed by atoms with E-state index in [-0.39, 0.29) is 0 Å². The van der Waals surface area contributed by atoms with Gasteiger partial charge in [-0.2, -0.15) is 0 Å². The summed E-state index contributed by atoms with van der Waals surface area (Å²) >= 11 is 11.8. The molecule has 0 saturated carbocycles. The Kier molecular flexibility index (Phi) is 3.73. The number of hydrogen-bond donors (Lipinski definition) is 1. The van der Waals surface area contributed by atoms with Crippen molar-refractivity contribution in [2.75, 3.05) is 18.4 Å². The Hall–Kier alpha value is -0.440. The summed E-state index contributed by atoms with van der Waals surface area (Å²) in [4.78, 5) is 0. The third-order valence-corrected chi connectivity index (χ3v) is 3.30. The zero-order valence-electron chi connectivity index (χ0n) is 8.34. The van der Waals surface area contributed by atoms with Gasteiger partial charge in [0.2, 0.25) is 0 Å². The Bertz CT molecular complexity index is 335. The smallest absolute Gasteiger partial charge is 0.0612 e. The highest BCUT2D eigenvalue weighted by atomic mass is 35.5. The summed E-state index contributed by atoms with van der Waals surface area (Å²) in [6.07, 6.45) is 2.19. The van der Waals surface area contributed by atoms with Gasteiger partial charge < -0.3 is 5.32 Å². The van der Waals surface area contributed by atoms with Gasteiger partial charge in [0.05, 0.1) is 10.0 Å². The molecule has 1 heterocycles. The van der Waals surface area contributed by atoms with E-state index >= 15 is 0 Å². The molecule has 2 nitrogen and oxygen atoms in total. The molecule has 0 aliphatic carbocycles. The van der Waals surface area contributed by atoms with Gasteiger partial charge in [-0.1, -0.05) is 23.2 Å². The lowest BCUT2D eigenvalue weighted by molar-refractivity contribution is 0.472. The number of hydrogen-bond acceptors (Lipinski definition) is 1. The van der Waals surface area contributed by atoms with Crippen LogP contribution in [0.25, 0.3) is 0 Å². The first-order chi connectivity index (χ1) is 7.25. The molecule has 0 aromatic heterocycles. The fourth-order valence-corrected chi connectivity index (χ4v) is 2.01. The Morgan fingerprint density at radius 3 is 2.53 bits per heavy atom. The van der Waals surface area contributed by atoms with Crippen LogP contribution in [-0.2, 0) is 0 Å². The number of benzene rings is 1. The van der Waals surface area contributed by atoms with Crippen LogP contribution >= 0.6 is 23.2 Å². The second kappa shape index (κ2) is 5.06. The molecule has 0 atom stereocenters. The van der Waals surface area contributed by atoms with Crippen molar-refractivity contribution in [2.24, 2.45) is 0 Å². The molecule has 4 heteroatoms. The van der Waals surface area contributed by atoms with Crippen molar-refractivity contribution in [1.29, 1.82) is 0 Å². The Morgan fingerprint density at radius 1 is 1.13 bits per heavy atom. The van der Waals surface area contributed by atoms with Crippen LogP contribution in [0.2, 0.25) is 10.0 Å². The predicted octanol–water partition coefficient (Wildman–Crippen LogP) is 3.17. The number of nitrogens with zero attached hydrogens (tertiary/aromatic N) is 1. The van der Waals surface area contributed by atoms with Gasteiger partial charge in [0.15, 0.2) is 0 Å². The first kappa shape index (κ1) is 11.1. The number of piperidine rings is 1. The summed E-state index contributed by atoms with van der Waals surface area (Å²) in [6.45, 7) is 1.91. The third kappa shape index (κ3) is 3.00. The molecule has 0 bridgehead atoms. The van der Waals surface area contributed by atoms with Crippen molar-refractivity contribution in [3.63, 3.8) is 0 Å².